The van der Waals surface area contributed by atoms with Gasteiger partial charge in [0.1, 0.15) is 0 Å². The third-order valence-electron chi connectivity index (χ3n) is 4.62. The van der Waals surface area contributed by atoms with Crippen LogP contribution in [0.25, 0.3) is 0 Å². The lowest BCUT2D eigenvalue weighted by molar-refractivity contribution is -0.123. The molecule has 0 aromatic heterocycles. The lowest BCUT2D eigenvalue weighted by Gasteiger charge is -2.30. The Morgan fingerprint density at radius 3 is 2.86 bits per heavy atom. The van der Waals surface area contributed by atoms with Crippen LogP contribution in [0.1, 0.15) is 31.2 Å². The van der Waals surface area contributed by atoms with Crippen LogP contribution in [-0.4, -0.2) is 25.0 Å². The molecule has 1 aromatic carbocycles. The maximum atomic E-state index is 13.7. The number of hydrogen-bond acceptors (Lipinski definition) is 2. The molecule has 0 radical (unpaired) electrons. The molecule has 1 saturated heterocycles. The quantitative estimate of drug-likeness (QED) is 0.894. The first-order chi connectivity index (χ1) is 10.1. The first-order valence-corrected chi connectivity index (χ1v) is 7.53. The number of hydrogen-bond donors (Lipinski definition) is 2. The lowest BCUT2D eigenvalue weighted by atomic mass is 9.95. The van der Waals surface area contributed by atoms with Gasteiger partial charge in [-0.1, -0.05) is 19.1 Å². The Bertz CT molecular complexity index is 555. The highest BCUT2D eigenvalue weighted by molar-refractivity contribution is 5.85. The Balaban J connectivity index is 0.00000176. The van der Waals surface area contributed by atoms with Crippen molar-refractivity contribution < 1.29 is 13.6 Å². The number of piperidine rings is 1. The molecule has 0 bridgehead atoms. The Kier molecular flexibility index (Phi) is 5.40. The van der Waals surface area contributed by atoms with Crippen LogP contribution >= 0.6 is 12.4 Å². The monoisotopic (exact) mass is 330 g/mol. The van der Waals surface area contributed by atoms with Gasteiger partial charge in [-0.15, -0.1) is 12.4 Å². The van der Waals surface area contributed by atoms with Gasteiger partial charge in [0.25, 0.3) is 0 Å². The van der Waals surface area contributed by atoms with E-state index in [1.807, 2.05) is 0 Å². The van der Waals surface area contributed by atoms with Gasteiger partial charge in [-0.25, -0.2) is 8.78 Å². The van der Waals surface area contributed by atoms with Gasteiger partial charge < -0.3 is 10.6 Å². The average molecular weight is 331 g/mol. The van der Waals surface area contributed by atoms with Crippen molar-refractivity contribution in [2.24, 2.45) is 11.8 Å². The summed E-state index contributed by atoms with van der Waals surface area (Å²) >= 11 is 0. The van der Waals surface area contributed by atoms with Gasteiger partial charge in [-0.05, 0) is 49.4 Å². The Labute approximate surface area is 135 Å². The van der Waals surface area contributed by atoms with Crippen LogP contribution in [0, 0.1) is 23.5 Å². The highest BCUT2D eigenvalue weighted by atomic mass is 35.5. The molecule has 1 saturated carbocycles. The second-order valence-electron chi connectivity index (χ2n) is 6.18. The summed E-state index contributed by atoms with van der Waals surface area (Å²) in [5.41, 5.74) is 0.327. The summed E-state index contributed by atoms with van der Waals surface area (Å²) in [4.78, 5) is 12.3. The van der Waals surface area contributed by atoms with Gasteiger partial charge >= 0.3 is 0 Å². The second-order valence-corrected chi connectivity index (χ2v) is 6.18. The predicted octanol–water partition coefficient (Wildman–Crippen LogP) is 2.60. The van der Waals surface area contributed by atoms with Crippen molar-refractivity contribution in [2.45, 2.75) is 31.7 Å². The second kappa shape index (κ2) is 6.92. The van der Waals surface area contributed by atoms with Crippen molar-refractivity contribution in [1.82, 2.24) is 10.6 Å². The van der Waals surface area contributed by atoms with Crippen molar-refractivity contribution in [3.8, 4) is 0 Å². The van der Waals surface area contributed by atoms with Gasteiger partial charge in [0.2, 0.25) is 5.91 Å². The normalized spacial score (nSPS) is 30.3. The molecular weight excluding hydrogens is 310 g/mol. The van der Waals surface area contributed by atoms with E-state index in [2.05, 4.69) is 17.6 Å². The molecule has 2 N–H and O–H groups in total. The number of rotatable bonds is 3. The molecule has 2 fully saturated rings. The van der Waals surface area contributed by atoms with E-state index in [4.69, 9.17) is 0 Å². The Morgan fingerprint density at radius 1 is 1.36 bits per heavy atom. The summed E-state index contributed by atoms with van der Waals surface area (Å²) in [6.45, 7) is 3.91. The number of halogens is 3. The van der Waals surface area contributed by atoms with Crippen LogP contribution in [0.15, 0.2) is 18.2 Å². The van der Waals surface area contributed by atoms with Crippen molar-refractivity contribution in [3.05, 3.63) is 35.4 Å². The van der Waals surface area contributed by atoms with Crippen LogP contribution in [0.2, 0.25) is 0 Å². The summed E-state index contributed by atoms with van der Waals surface area (Å²) in [7, 11) is 0. The molecule has 122 valence electrons. The van der Waals surface area contributed by atoms with Gasteiger partial charge in [0, 0.05) is 12.0 Å². The molecule has 1 heterocycles. The molecule has 0 spiro atoms. The van der Waals surface area contributed by atoms with E-state index in [0.29, 0.717) is 17.9 Å². The largest absolute Gasteiger partial charge is 0.353 e. The fourth-order valence-electron chi connectivity index (χ4n) is 3.15. The molecule has 22 heavy (non-hydrogen) atoms. The average Bonchev–Trinajstić information content (AvgIpc) is 3.25. The third kappa shape index (κ3) is 3.41. The van der Waals surface area contributed by atoms with Gasteiger partial charge in [0.05, 0.1) is 0 Å². The van der Waals surface area contributed by atoms with Gasteiger partial charge in [0.15, 0.2) is 11.6 Å². The van der Waals surface area contributed by atoms with Gasteiger partial charge in [-0.3, -0.25) is 4.79 Å². The molecule has 4 atom stereocenters. The molecule has 1 aromatic rings. The summed E-state index contributed by atoms with van der Waals surface area (Å²) in [5, 5.41) is 6.36. The van der Waals surface area contributed by atoms with Gasteiger partial charge in [-0.2, -0.15) is 0 Å². The number of benzene rings is 1. The number of carbonyl (C=O) groups excluding carboxylic acids is 1. The summed E-state index contributed by atoms with van der Waals surface area (Å²) in [5.74, 6) is -1.69. The molecule has 1 amide bonds. The first kappa shape index (κ1) is 17.2. The van der Waals surface area contributed by atoms with E-state index in [0.717, 1.165) is 25.6 Å². The fraction of sp³-hybridized carbons (Fsp3) is 0.562. The van der Waals surface area contributed by atoms with E-state index in [9.17, 15) is 13.6 Å². The minimum Gasteiger partial charge on any atom is -0.353 e. The molecule has 3 nitrogen and oxygen atoms in total. The Hall–Kier alpha value is -1.20. The molecule has 3 rings (SSSR count). The van der Waals surface area contributed by atoms with E-state index in [1.54, 1.807) is 6.07 Å². The molecule has 1 aliphatic heterocycles. The van der Waals surface area contributed by atoms with Crippen LogP contribution < -0.4 is 10.6 Å². The minimum absolute atomic E-state index is 0. The number of nitrogens with one attached hydrogen (secondary N) is 2. The summed E-state index contributed by atoms with van der Waals surface area (Å²) < 4.78 is 27.0. The van der Waals surface area contributed by atoms with Crippen molar-refractivity contribution in [2.75, 3.05) is 13.1 Å². The van der Waals surface area contributed by atoms with E-state index in [-0.39, 0.29) is 36.2 Å². The SMILES string of the molecule is CC1CNCCC1NC(=O)C1CC1c1cccc(F)c1F.Cl. The van der Waals surface area contributed by atoms with E-state index in [1.165, 1.54) is 6.07 Å². The zero-order valence-electron chi connectivity index (χ0n) is 12.4. The maximum absolute atomic E-state index is 13.7. The Morgan fingerprint density at radius 2 is 2.14 bits per heavy atom. The van der Waals surface area contributed by atoms with Crippen molar-refractivity contribution >= 4 is 18.3 Å². The van der Waals surface area contributed by atoms with Crippen molar-refractivity contribution in [1.29, 1.82) is 0 Å². The smallest absolute Gasteiger partial charge is 0.223 e. The predicted molar refractivity (Wildman–Crippen MR) is 83.0 cm³/mol. The fourth-order valence-corrected chi connectivity index (χ4v) is 3.15. The van der Waals surface area contributed by atoms with Crippen LogP contribution in [-0.2, 0) is 4.79 Å². The summed E-state index contributed by atoms with van der Waals surface area (Å²) in [6.07, 6.45) is 1.52. The zero-order chi connectivity index (χ0) is 15.0. The van der Waals surface area contributed by atoms with Crippen LogP contribution in [0.4, 0.5) is 8.78 Å². The zero-order valence-corrected chi connectivity index (χ0v) is 13.3. The van der Waals surface area contributed by atoms with Crippen LogP contribution in [0.5, 0.6) is 0 Å². The highest BCUT2D eigenvalue weighted by Gasteiger charge is 2.46. The topological polar surface area (TPSA) is 41.1 Å². The first-order valence-electron chi connectivity index (χ1n) is 7.53. The standard InChI is InChI=1S/C16H20F2N2O.ClH/c1-9-8-19-6-5-14(9)20-16(21)12-7-11(12)10-3-2-4-13(17)15(10)18;/h2-4,9,11-12,14,19H,5-8H2,1H3,(H,20,21);1H. The van der Waals surface area contributed by atoms with E-state index < -0.39 is 11.6 Å². The van der Waals surface area contributed by atoms with Crippen LogP contribution in [0.3, 0.4) is 0 Å². The molecular formula is C16H21ClF2N2O. The third-order valence-corrected chi connectivity index (χ3v) is 4.62. The minimum atomic E-state index is -0.842. The number of amides is 1. The summed E-state index contributed by atoms with van der Waals surface area (Å²) in [6, 6.07) is 4.35. The molecule has 1 aliphatic carbocycles. The molecule has 6 heteroatoms. The molecule has 2 aliphatic rings. The molecule has 4 unspecified atom stereocenters. The maximum Gasteiger partial charge on any atom is 0.223 e. The highest BCUT2D eigenvalue weighted by Crippen LogP contribution is 2.48. The van der Waals surface area contributed by atoms with Crippen molar-refractivity contribution in [3.63, 3.8) is 0 Å². The lowest BCUT2D eigenvalue weighted by Crippen LogP contribution is -2.48. The van der Waals surface area contributed by atoms with E-state index >= 15 is 0 Å². The number of carbonyl (C=O) groups is 1.